The smallest absolute Gasteiger partial charge is 0.306 e. The Morgan fingerprint density at radius 1 is 1.00 bits per heavy atom. The van der Waals surface area contributed by atoms with Crippen molar-refractivity contribution in [1.29, 1.82) is 0 Å². The van der Waals surface area contributed by atoms with Crippen LogP contribution in [-0.4, -0.2) is 31.7 Å². The molecule has 0 fully saturated rings. The van der Waals surface area contributed by atoms with Crippen LogP contribution in [0.1, 0.15) is 37.3 Å². The molecule has 0 spiro atoms. The average molecular weight is 397 g/mol. The molecule has 154 valence electrons. The fourth-order valence-electron chi connectivity index (χ4n) is 3.31. The van der Waals surface area contributed by atoms with Gasteiger partial charge in [0.05, 0.1) is 13.2 Å². The highest BCUT2D eigenvalue weighted by molar-refractivity contribution is 5.92. The number of benzene rings is 2. The number of para-hydroxylation sites is 2. The Kier molecular flexibility index (Phi) is 7.50. The van der Waals surface area contributed by atoms with Crippen LogP contribution in [0.4, 0.5) is 5.69 Å². The molecule has 1 aliphatic rings. The van der Waals surface area contributed by atoms with Gasteiger partial charge in [0.1, 0.15) is 0 Å². The summed E-state index contributed by atoms with van der Waals surface area (Å²) in [6.45, 7) is 2.54. The zero-order valence-corrected chi connectivity index (χ0v) is 16.7. The summed E-state index contributed by atoms with van der Waals surface area (Å²) in [6.07, 6.45) is 3.98. The van der Waals surface area contributed by atoms with Crippen molar-refractivity contribution in [3.05, 3.63) is 53.6 Å². The van der Waals surface area contributed by atoms with Gasteiger partial charge in [-0.1, -0.05) is 18.2 Å². The highest BCUT2D eigenvalue weighted by Crippen LogP contribution is 2.26. The van der Waals surface area contributed by atoms with Gasteiger partial charge in [-0.2, -0.15) is 0 Å². The largest absolute Gasteiger partial charge is 0.490 e. The molecule has 0 saturated heterocycles. The van der Waals surface area contributed by atoms with Crippen molar-refractivity contribution in [3.8, 4) is 11.5 Å². The van der Waals surface area contributed by atoms with Crippen molar-refractivity contribution in [1.82, 2.24) is 0 Å². The Balaban J connectivity index is 1.33. The van der Waals surface area contributed by atoms with Crippen molar-refractivity contribution >= 4 is 17.6 Å². The summed E-state index contributed by atoms with van der Waals surface area (Å²) in [5.41, 5.74) is 3.37. The minimum Gasteiger partial charge on any atom is -0.490 e. The molecule has 2 aromatic rings. The molecule has 0 radical (unpaired) electrons. The van der Waals surface area contributed by atoms with Gasteiger partial charge in [-0.05, 0) is 68.0 Å². The van der Waals surface area contributed by atoms with Crippen LogP contribution in [0.2, 0.25) is 0 Å². The Bertz CT molecular complexity index is 849. The minimum atomic E-state index is -0.421. The molecule has 0 heterocycles. The van der Waals surface area contributed by atoms with E-state index in [2.05, 4.69) is 5.32 Å². The number of ether oxygens (including phenoxy) is 3. The lowest BCUT2D eigenvalue weighted by molar-refractivity contribution is -0.147. The normalized spacial score (nSPS) is 12.2. The third kappa shape index (κ3) is 6.24. The van der Waals surface area contributed by atoms with Gasteiger partial charge in [0.15, 0.2) is 18.1 Å². The number of hydrogen-bond donors (Lipinski definition) is 1. The zero-order chi connectivity index (χ0) is 20.5. The molecule has 0 bridgehead atoms. The first-order valence-corrected chi connectivity index (χ1v) is 10.1. The SMILES string of the molecule is CCOc1ccccc1OCCCC(=O)OCC(=O)Nc1ccc2c(c1)CCC2. The third-order valence-corrected chi connectivity index (χ3v) is 4.68. The summed E-state index contributed by atoms with van der Waals surface area (Å²) >= 11 is 0. The lowest BCUT2D eigenvalue weighted by atomic mass is 10.1. The predicted octanol–water partition coefficient (Wildman–Crippen LogP) is 3.91. The van der Waals surface area contributed by atoms with E-state index in [1.54, 1.807) is 0 Å². The Labute approximate surface area is 171 Å². The first-order chi connectivity index (χ1) is 14.2. The second-order valence-electron chi connectivity index (χ2n) is 6.88. The Morgan fingerprint density at radius 2 is 1.76 bits per heavy atom. The molecule has 6 nitrogen and oxygen atoms in total. The minimum absolute atomic E-state index is 0.183. The predicted molar refractivity (Wildman–Crippen MR) is 110 cm³/mol. The molecular weight excluding hydrogens is 370 g/mol. The van der Waals surface area contributed by atoms with E-state index in [0.29, 0.717) is 31.1 Å². The topological polar surface area (TPSA) is 73.9 Å². The quantitative estimate of drug-likeness (QED) is 0.486. The van der Waals surface area contributed by atoms with Crippen LogP contribution in [0.25, 0.3) is 0 Å². The van der Waals surface area contributed by atoms with E-state index < -0.39 is 5.97 Å². The summed E-state index contributed by atoms with van der Waals surface area (Å²) in [5, 5.41) is 2.78. The summed E-state index contributed by atoms with van der Waals surface area (Å²) in [6, 6.07) is 13.3. The summed E-state index contributed by atoms with van der Waals surface area (Å²) in [5.74, 6) is 0.575. The highest BCUT2D eigenvalue weighted by atomic mass is 16.5. The molecule has 29 heavy (non-hydrogen) atoms. The maximum atomic E-state index is 12.0. The van der Waals surface area contributed by atoms with E-state index >= 15 is 0 Å². The van der Waals surface area contributed by atoms with Crippen LogP contribution in [0.15, 0.2) is 42.5 Å². The summed E-state index contributed by atoms with van der Waals surface area (Å²) in [7, 11) is 0. The summed E-state index contributed by atoms with van der Waals surface area (Å²) in [4.78, 5) is 23.9. The number of carbonyl (C=O) groups is 2. The number of nitrogens with one attached hydrogen (secondary N) is 1. The second kappa shape index (κ2) is 10.5. The number of rotatable bonds is 10. The van der Waals surface area contributed by atoms with Crippen LogP contribution in [0, 0.1) is 0 Å². The van der Waals surface area contributed by atoms with Crippen LogP contribution in [0.5, 0.6) is 11.5 Å². The third-order valence-electron chi connectivity index (χ3n) is 4.68. The lowest BCUT2D eigenvalue weighted by Gasteiger charge is -2.11. The molecule has 3 rings (SSSR count). The van der Waals surface area contributed by atoms with Crippen LogP contribution < -0.4 is 14.8 Å². The molecule has 0 saturated carbocycles. The average Bonchev–Trinajstić information content (AvgIpc) is 3.19. The number of aryl methyl sites for hydroxylation is 2. The Hall–Kier alpha value is -3.02. The molecule has 0 aromatic heterocycles. The number of hydrogen-bond acceptors (Lipinski definition) is 5. The van der Waals surface area contributed by atoms with Gasteiger partial charge >= 0.3 is 5.97 Å². The maximum Gasteiger partial charge on any atom is 0.306 e. The zero-order valence-electron chi connectivity index (χ0n) is 16.7. The van der Waals surface area contributed by atoms with Crippen molar-refractivity contribution in [3.63, 3.8) is 0 Å². The highest BCUT2D eigenvalue weighted by Gasteiger charge is 2.13. The van der Waals surface area contributed by atoms with Gasteiger partial charge < -0.3 is 19.5 Å². The molecule has 0 unspecified atom stereocenters. The van der Waals surface area contributed by atoms with Gasteiger partial charge in [-0.15, -0.1) is 0 Å². The molecule has 0 atom stereocenters. The number of esters is 1. The number of carbonyl (C=O) groups excluding carboxylic acids is 2. The fraction of sp³-hybridized carbons (Fsp3) is 0.391. The monoisotopic (exact) mass is 397 g/mol. The first-order valence-electron chi connectivity index (χ1n) is 10.1. The van der Waals surface area contributed by atoms with Crippen LogP contribution in [0.3, 0.4) is 0 Å². The standard InChI is InChI=1S/C23H27NO5/c1-2-27-20-9-3-4-10-21(20)28-14-6-11-23(26)29-16-22(25)24-19-13-12-17-7-5-8-18(17)15-19/h3-4,9-10,12-13,15H,2,5-8,11,14,16H2,1H3,(H,24,25). The molecule has 6 heteroatoms. The van der Waals surface area contributed by atoms with Gasteiger partial charge in [-0.3, -0.25) is 9.59 Å². The van der Waals surface area contributed by atoms with Crippen molar-refractivity contribution in [2.24, 2.45) is 0 Å². The van der Waals surface area contributed by atoms with Gasteiger partial charge in [0, 0.05) is 12.1 Å². The number of anilines is 1. The molecule has 1 aliphatic carbocycles. The van der Waals surface area contributed by atoms with E-state index in [-0.39, 0.29) is 18.9 Å². The molecule has 2 aromatic carbocycles. The van der Waals surface area contributed by atoms with E-state index in [1.165, 1.54) is 11.1 Å². The van der Waals surface area contributed by atoms with Crippen LogP contribution >= 0.6 is 0 Å². The van der Waals surface area contributed by atoms with E-state index in [1.807, 2.05) is 49.4 Å². The lowest BCUT2D eigenvalue weighted by Crippen LogP contribution is -2.21. The maximum absolute atomic E-state index is 12.0. The molecule has 1 amide bonds. The molecule has 0 aliphatic heterocycles. The number of amides is 1. The molecular formula is C23H27NO5. The first kappa shape index (κ1) is 20.7. The van der Waals surface area contributed by atoms with Gasteiger partial charge in [0.2, 0.25) is 0 Å². The van der Waals surface area contributed by atoms with Crippen molar-refractivity contribution in [2.45, 2.75) is 39.0 Å². The Morgan fingerprint density at radius 3 is 2.55 bits per heavy atom. The van der Waals surface area contributed by atoms with Crippen molar-refractivity contribution in [2.75, 3.05) is 25.1 Å². The van der Waals surface area contributed by atoms with Gasteiger partial charge in [-0.25, -0.2) is 0 Å². The van der Waals surface area contributed by atoms with Gasteiger partial charge in [0.25, 0.3) is 5.91 Å². The van der Waals surface area contributed by atoms with E-state index in [0.717, 1.165) is 24.9 Å². The fourth-order valence-corrected chi connectivity index (χ4v) is 3.31. The van der Waals surface area contributed by atoms with Crippen LogP contribution in [-0.2, 0) is 27.2 Å². The summed E-state index contributed by atoms with van der Waals surface area (Å²) < 4.78 is 16.2. The molecule has 1 N–H and O–H groups in total. The van der Waals surface area contributed by atoms with E-state index in [4.69, 9.17) is 14.2 Å². The second-order valence-corrected chi connectivity index (χ2v) is 6.88. The van der Waals surface area contributed by atoms with E-state index in [9.17, 15) is 9.59 Å². The van der Waals surface area contributed by atoms with Crippen molar-refractivity contribution < 1.29 is 23.8 Å². The number of fused-ring (bicyclic) bond motifs is 1.